The molecule has 3 nitrogen and oxygen atoms in total. The van der Waals surface area contributed by atoms with E-state index in [4.69, 9.17) is 22.1 Å². The van der Waals surface area contributed by atoms with Crippen LogP contribution < -0.4 is 5.73 Å². The summed E-state index contributed by atoms with van der Waals surface area (Å²) in [6, 6.07) is 5.50. The minimum atomic E-state index is -0.499. The first kappa shape index (κ1) is 16.9. The van der Waals surface area contributed by atoms with Crippen LogP contribution in [0.2, 0.25) is 5.02 Å². The van der Waals surface area contributed by atoms with E-state index in [0.29, 0.717) is 10.7 Å². The van der Waals surface area contributed by atoms with Crippen LogP contribution in [0.3, 0.4) is 0 Å². The zero-order valence-corrected chi connectivity index (χ0v) is 14.5. The normalized spacial score (nSPS) is 17.2. The molecule has 2 rings (SSSR count). The fraction of sp³-hybridized carbons (Fsp3) is 0.500. The first-order valence-electron chi connectivity index (χ1n) is 7.57. The van der Waals surface area contributed by atoms with Crippen LogP contribution in [0.15, 0.2) is 24.3 Å². The van der Waals surface area contributed by atoms with E-state index in [1.807, 2.05) is 32.9 Å². The molecule has 1 aliphatic rings. The number of esters is 1. The summed E-state index contributed by atoms with van der Waals surface area (Å²) in [4.78, 5) is 12.1. The Kier molecular flexibility index (Phi) is 4.57. The highest BCUT2D eigenvalue weighted by molar-refractivity contribution is 6.33. The monoisotopic (exact) mass is 321 g/mol. The van der Waals surface area contributed by atoms with E-state index in [0.717, 1.165) is 17.6 Å². The van der Waals surface area contributed by atoms with Crippen LogP contribution in [0.1, 0.15) is 52.5 Å². The van der Waals surface area contributed by atoms with Gasteiger partial charge in [0.1, 0.15) is 5.60 Å². The lowest BCUT2D eigenvalue weighted by Gasteiger charge is -2.19. The van der Waals surface area contributed by atoms with E-state index in [2.05, 4.69) is 6.92 Å². The first-order valence-corrected chi connectivity index (χ1v) is 7.95. The van der Waals surface area contributed by atoms with Crippen molar-refractivity contribution in [3.63, 3.8) is 0 Å². The molecule has 2 N–H and O–H groups in total. The van der Waals surface area contributed by atoms with Crippen LogP contribution in [0.5, 0.6) is 0 Å². The highest BCUT2D eigenvalue weighted by Crippen LogP contribution is 2.51. The average Bonchev–Trinajstić information content (AvgIpc) is 3.07. The number of benzene rings is 1. The number of ether oxygens (including phenoxy) is 1. The van der Waals surface area contributed by atoms with Crippen molar-refractivity contribution in [1.29, 1.82) is 0 Å². The number of carbonyl (C=O) groups excluding carboxylic acids is 1. The Labute approximate surface area is 137 Å². The predicted molar refractivity (Wildman–Crippen MR) is 91.6 cm³/mol. The summed E-state index contributed by atoms with van der Waals surface area (Å²) in [6.07, 6.45) is 4.80. The molecule has 1 saturated carbocycles. The lowest BCUT2D eigenvalue weighted by Crippen LogP contribution is -2.22. The molecule has 1 fully saturated rings. The molecule has 0 saturated heterocycles. The van der Waals surface area contributed by atoms with Crippen molar-refractivity contribution in [2.45, 2.75) is 52.6 Å². The number of hydrogen-bond donors (Lipinski definition) is 1. The molecule has 0 radical (unpaired) electrons. The highest BCUT2D eigenvalue weighted by atomic mass is 35.5. The molecule has 0 amide bonds. The summed E-state index contributed by atoms with van der Waals surface area (Å²) in [5, 5.41) is 0.526. The molecule has 0 atom stereocenters. The molecular formula is C18H24ClNO2. The fourth-order valence-electron chi connectivity index (χ4n) is 2.30. The Morgan fingerprint density at radius 1 is 1.41 bits per heavy atom. The Morgan fingerprint density at radius 2 is 2.05 bits per heavy atom. The van der Waals surface area contributed by atoms with Gasteiger partial charge in [0.05, 0.1) is 10.7 Å². The van der Waals surface area contributed by atoms with Gasteiger partial charge in [-0.05, 0) is 68.7 Å². The smallest absolute Gasteiger partial charge is 0.331 e. The molecule has 0 spiro atoms. The molecule has 0 unspecified atom stereocenters. The zero-order valence-electron chi connectivity index (χ0n) is 13.7. The largest absolute Gasteiger partial charge is 0.457 e. The fourth-order valence-corrected chi connectivity index (χ4v) is 2.42. The maximum Gasteiger partial charge on any atom is 0.331 e. The number of rotatable bonds is 4. The molecule has 1 aromatic rings. The van der Waals surface area contributed by atoms with Crippen LogP contribution >= 0.6 is 11.6 Å². The van der Waals surface area contributed by atoms with Gasteiger partial charge in [-0.15, -0.1) is 0 Å². The molecule has 1 aromatic carbocycles. The first-order chi connectivity index (χ1) is 10.1. The molecule has 120 valence electrons. The van der Waals surface area contributed by atoms with Gasteiger partial charge in [-0.25, -0.2) is 4.79 Å². The van der Waals surface area contributed by atoms with Gasteiger partial charge < -0.3 is 10.5 Å². The van der Waals surface area contributed by atoms with Crippen molar-refractivity contribution in [1.82, 2.24) is 0 Å². The summed E-state index contributed by atoms with van der Waals surface area (Å²) >= 11 is 5.99. The SMILES string of the molecule is CC1(CC(=CC(=O)OC(C)(C)C)c2ccc(Cl)c(N)c2)CC1. The van der Waals surface area contributed by atoms with Crippen molar-refractivity contribution in [2.75, 3.05) is 5.73 Å². The summed E-state index contributed by atoms with van der Waals surface area (Å²) in [5.41, 5.74) is 8.09. The molecule has 22 heavy (non-hydrogen) atoms. The van der Waals surface area contributed by atoms with Gasteiger partial charge >= 0.3 is 5.97 Å². The van der Waals surface area contributed by atoms with Gasteiger partial charge in [0.2, 0.25) is 0 Å². The van der Waals surface area contributed by atoms with E-state index < -0.39 is 5.60 Å². The summed E-state index contributed by atoms with van der Waals surface area (Å²) < 4.78 is 5.41. The second-order valence-corrected chi connectivity index (χ2v) is 7.83. The van der Waals surface area contributed by atoms with Gasteiger partial charge in [-0.1, -0.05) is 24.6 Å². The number of carbonyl (C=O) groups is 1. The Balaban J connectivity index is 2.29. The van der Waals surface area contributed by atoms with Gasteiger partial charge in [-0.2, -0.15) is 0 Å². The van der Waals surface area contributed by atoms with Crippen molar-refractivity contribution in [3.05, 3.63) is 34.9 Å². The van der Waals surface area contributed by atoms with Crippen molar-refractivity contribution in [2.24, 2.45) is 5.41 Å². The number of hydrogen-bond acceptors (Lipinski definition) is 3. The average molecular weight is 322 g/mol. The Hall–Kier alpha value is -1.48. The standard InChI is InChI=1S/C18H24ClNO2/c1-17(2,3)22-16(21)10-13(11-18(4)7-8-18)12-5-6-14(19)15(20)9-12/h5-6,9-10H,7-8,11,20H2,1-4H3. The summed E-state index contributed by atoms with van der Waals surface area (Å²) in [7, 11) is 0. The maximum absolute atomic E-state index is 12.1. The Bertz CT molecular complexity index is 610. The van der Waals surface area contributed by atoms with Crippen LogP contribution in [0.4, 0.5) is 5.69 Å². The number of allylic oxidation sites excluding steroid dienone is 1. The minimum Gasteiger partial charge on any atom is -0.457 e. The highest BCUT2D eigenvalue weighted by Gasteiger charge is 2.38. The third-order valence-corrected chi connectivity index (χ3v) is 4.13. The summed E-state index contributed by atoms with van der Waals surface area (Å²) in [6.45, 7) is 7.82. The number of nitrogen functional groups attached to an aromatic ring is 1. The quantitative estimate of drug-likeness (QED) is 0.490. The van der Waals surface area contributed by atoms with Gasteiger partial charge in [-0.3, -0.25) is 0 Å². The van der Waals surface area contributed by atoms with Crippen LogP contribution in [-0.4, -0.2) is 11.6 Å². The number of anilines is 1. The molecular weight excluding hydrogens is 298 g/mol. The lowest BCUT2D eigenvalue weighted by molar-refractivity contribution is -0.148. The lowest BCUT2D eigenvalue weighted by atomic mass is 9.92. The second-order valence-electron chi connectivity index (χ2n) is 7.43. The third-order valence-electron chi connectivity index (χ3n) is 3.79. The summed E-state index contributed by atoms with van der Waals surface area (Å²) in [5.74, 6) is -0.319. The number of nitrogens with two attached hydrogens (primary N) is 1. The zero-order chi connectivity index (χ0) is 16.5. The molecule has 0 aliphatic heterocycles. The van der Waals surface area contributed by atoms with Gasteiger partial charge in [0.15, 0.2) is 0 Å². The van der Waals surface area contributed by atoms with E-state index >= 15 is 0 Å². The molecule has 4 heteroatoms. The van der Waals surface area contributed by atoms with E-state index in [1.54, 1.807) is 12.1 Å². The Morgan fingerprint density at radius 3 is 2.55 bits per heavy atom. The van der Waals surface area contributed by atoms with E-state index in [-0.39, 0.29) is 11.4 Å². The topological polar surface area (TPSA) is 52.3 Å². The van der Waals surface area contributed by atoms with Crippen molar-refractivity contribution >= 4 is 28.8 Å². The number of halogens is 1. The van der Waals surface area contributed by atoms with Crippen LogP contribution in [-0.2, 0) is 9.53 Å². The molecule has 0 bridgehead atoms. The minimum absolute atomic E-state index is 0.280. The van der Waals surface area contributed by atoms with Crippen molar-refractivity contribution < 1.29 is 9.53 Å². The van der Waals surface area contributed by atoms with Crippen LogP contribution in [0.25, 0.3) is 5.57 Å². The van der Waals surface area contributed by atoms with Crippen molar-refractivity contribution in [3.8, 4) is 0 Å². The van der Waals surface area contributed by atoms with Gasteiger partial charge in [0, 0.05) is 6.08 Å². The second kappa shape index (κ2) is 5.96. The molecule has 0 aromatic heterocycles. The van der Waals surface area contributed by atoms with Crippen LogP contribution in [0, 0.1) is 5.41 Å². The predicted octanol–water partition coefficient (Wildman–Crippen LogP) is 4.84. The van der Waals surface area contributed by atoms with E-state index in [1.165, 1.54) is 12.8 Å². The van der Waals surface area contributed by atoms with E-state index in [9.17, 15) is 4.79 Å². The van der Waals surface area contributed by atoms with Gasteiger partial charge in [0.25, 0.3) is 0 Å². The third kappa shape index (κ3) is 4.77. The molecule has 1 aliphatic carbocycles. The molecule has 0 heterocycles. The maximum atomic E-state index is 12.1.